The van der Waals surface area contributed by atoms with Crippen molar-refractivity contribution in [3.63, 3.8) is 0 Å². The third kappa shape index (κ3) is 6.99. The Hall–Kier alpha value is -2.15. The zero-order valence-electron chi connectivity index (χ0n) is 17.6. The fraction of sp³-hybridized carbons (Fsp3) is 0.522. The van der Waals surface area contributed by atoms with Gasteiger partial charge in [-0.15, -0.1) is 0 Å². The molecule has 0 aliphatic carbocycles. The topological polar surface area (TPSA) is 58.1 Å². The number of pyridine rings is 1. The number of piperidine rings is 1. The predicted molar refractivity (Wildman–Crippen MR) is 114 cm³/mol. The van der Waals surface area contributed by atoms with E-state index in [2.05, 4.69) is 34.0 Å². The maximum Gasteiger partial charge on any atom is 0.161 e. The molecule has 1 aliphatic heterocycles. The van der Waals surface area contributed by atoms with Gasteiger partial charge >= 0.3 is 0 Å². The molecule has 158 valence electrons. The van der Waals surface area contributed by atoms with Gasteiger partial charge in [0.2, 0.25) is 0 Å². The molecule has 0 radical (unpaired) electrons. The summed E-state index contributed by atoms with van der Waals surface area (Å²) in [6, 6.07) is 10.0. The van der Waals surface area contributed by atoms with E-state index < -0.39 is 6.10 Å². The Balaban J connectivity index is 1.54. The minimum atomic E-state index is -0.505. The number of hydrogen-bond acceptors (Lipinski definition) is 6. The lowest BCUT2D eigenvalue weighted by Crippen LogP contribution is -2.38. The quantitative estimate of drug-likeness (QED) is 0.663. The first-order chi connectivity index (χ1) is 14.1. The molecule has 0 bridgehead atoms. The van der Waals surface area contributed by atoms with Crippen molar-refractivity contribution in [2.24, 2.45) is 0 Å². The molecule has 2 aromatic rings. The highest BCUT2D eigenvalue weighted by molar-refractivity contribution is 5.43. The van der Waals surface area contributed by atoms with Crippen LogP contribution in [0.25, 0.3) is 0 Å². The molecule has 29 heavy (non-hydrogen) atoms. The van der Waals surface area contributed by atoms with Crippen molar-refractivity contribution in [1.82, 2.24) is 14.8 Å². The molecule has 1 N–H and O–H groups in total. The second-order valence-electron chi connectivity index (χ2n) is 7.84. The number of benzene rings is 1. The van der Waals surface area contributed by atoms with Gasteiger partial charge in [-0.25, -0.2) is 0 Å². The number of aromatic nitrogens is 1. The van der Waals surface area contributed by atoms with Gasteiger partial charge in [0.15, 0.2) is 11.5 Å². The maximum atomic E-state index is 10.4. The summed E-state index contributed by atoms with van der Waals surface area (Å²) in [6.45, 7) is 4.67. The van der Waals surface area contributed by atoms with Crippen molar-refractivity contribution in [3.05, 3.63) is 53.9 Å². The van der Waals surface area contributed by atoms with E-state index in [1.807, 2.05) is 24.4 Å². The van der Waals surface area contributed by atoms with Crippen LogP contribution < -0.4 is 9.47 Å². The molecular formula is C23H33N3O3. The highest BCUT2D eigenvalue weighted by atomic mass is 16.5. The summed E-state index contributed by atoms with van der Waals surface area (Å²) in [5, 5.41) is 10.4. The lowest BCUT2D eigenvalue weighted by atomic mass is 10.1. The number of likely N-dealkylation sites (tertiary alicyclic amines) is 1. The second-order valence-corrected chi connectivity index (χ2v) is 7.84. The molecule has 0 spiro atoms. The summed E-state index contributed by atoms with van der Waals surface area (Å²) in [5.74, 6) is 1.37. The summed E-state index contributed by atoms with van der Waals surface area (Å²) >= 11 is 0. The van der Waals surface area contributed by atoms with Crippen LogP contribution >= 0.6 is 0 Å². The Kier molecular flexibility index (Phi) is 8.28. The van der Waals surface area contributed by atoms with Crippen molar-refractivity contribution in [3.8, 4) is 11.5 Å². The smallest absolute Gasteiger partial charge is 0.161 e. The van der Waals surface area contributed by atoms with Crippen molar-refractivity contribution in [1.29, 1.82) is 0 Å². The van der Waals surface area contributed by atoms with E-state index in [1.165, 1.54) is 24.8 Å². The van der Waals surface area contributed by atoms with Gasteiger partial charge < -0.3 is 19.5 Å². The van der Waals surface area contributed by atoms with Crippen LogP contribution in [0.2, 0.25) is 0 Å². The first kappa shape index (κ1) is 21.6. The first-order valence-electron chi connectivity index (χ1n) is 10.4. The van der Waals surface area contributed by atoms with Crippen LogP contribution in [0.15, 0.2) is 42.7 Å². The van der Waals surface area contributed by atoms with E-state index in [0.717, 1.165) is 31.7 Å². The SMILES string of the molecule is COc1ccc(CN(C)Cc2cccnc2)cc1OCC(O)CN1CCCCC1. The zero-order chi connectivity index (χ0) is 20.5. The minimum absolute atomic E-state index is 0.266. The van der Waals surface area contributed by atoms with E-state index in [1.54, 1.807) is 13.3 Å². The van der Waals surface area contributed by atoms with Gasteiger partial charge in [-0.2, -0.15) is 0 Å². The fourth-order valence-electron chi connectivity index (χ4n) is 3.78. The largest absolute Gasteiger partial charge is 0.493 e. The monoisotopic (exact) mass is 399 g/mol. The van der Waals surface area contributed by atoms with Gasteiger partial charge in [0.05, 0.1) is 7.11 Å². The molecular weight excluding hydrogens is 366 g/mol. The third-order valence-electron chi connectivity index (χ3n) is 5.20. The molecule has 2 heterocycles. The van der Waals surface area contributed by atoms with Crippen molar-refractivity contribution in [2.45, 2.75) is 38.5 Å². The standard InChI is InChI=1S/C23H33N3O3/c1-25(16-20-7-6-10-24-14-20)15-19-8-9-22(28-2)23(13-19)29-18-21(27)17-26-11-4-3-5-12-26/h6-10,13-14,21,27H,3-5,11-12,15-18H2,1-2H3. The third-order valence-corrected chi connectivity index (χ3v) is 5.20. The Bertz CT molecular complexity index is 735. The van der Waals surface area contributed by atoms with E-state index in [9.17, 15) is 5.11 Å². The number of nitrogens with zero attached hydrogens (tertiary/aromatic N) is 3. The van der Waals surface area contributed by atoms with E-state index in [-0.39, 0.29) is 6.61 Å². The van der Waals surface area contributed by atoms with E-state index in [4.69, 9.17) is 9.47 Å². The van der Waals surface area contributed by atoms with Gasteiger partial charge in [-0.1, -0.05) is 18.6 Å². The number of hydrogen-bond donors (Lipinski definition) is 1. The minimum Gasteiger partial charge on any atom is -0.493 e. The van der Waals surface area contributed by atoms with Crippen molar-refractivity contribution >= 4 is 0 Å². The number of ether oxygens (including phenoxy) is 2. The van der Waals surface area contributed by atoms with Crippen LogP contribution in [0.5, 0.6) is 11.5 Å². The summed E-state index contributed by atoms with van der Waals surface area (Å²) in [6.07, 6.45) is 6.91. The maximum absolute atomic E-state index is 10.4. The summed E-state index contributed by atoms with van der Waals surface area (Å²) in [4.78, 5) is 8.72. The van der Waals surface area contributed by atoms with Gasteiger partial charge in [-0.05, 0) is 62.3 Å². The Labute approximate surface area is 174 Å². The average Bonchev–Trinajstić information content (AvgIpc) is 2.74. The molecule has 0 saturated carbocycles. The van der Waals surface area contributed by atoms with Gasteiger partial charge in [0, 0.05) is 32.0 Å². The van der Waals surface area contributed by atoms with Crippen LogP contribution in [-0.4, -0.2) is 66.4 Å². The second kappa shape index (κ2) is 11.1. The molecule has 1 fully saturated rings. The summed E-state index contributed by atoms with van der Waals surface area (Å²) < 4.78 is 11.4. The van der Waals surface area contributed by atoms with Crippen LogP contribution in [0.3, 0.4) is 0 Å². The molecule has 6 nitrogen and oxygen atoms in total. The van der Waals surface area contributed by atoms with Crippen molar-refractivity contribution in [2.75, 3.05) is 40.4 Å². The number of rotatable bonds is 10. The molecule has 1 unspecified atom stereocenters. The van der Waals surface area contributed by atoms with E-state index >= 15 is 0 Å². The molecule has 3 rings (SSSR count). The lowest BCUT2D eigenvalue weighted by Gasteiger charge is -2.28. The molecule has 1 saturated heterocycles. The number of aliphatic hydroxyl groups excluding tert-OH is 1. The molecule has 1 aromatic heterocycles. The number of β-amino-alcohol motifs (C(OH)–C–C–N with tert-alkyl or cyclic N) is 1. The highest BCUT2D eigenvalue weighted by Crippen LogP contribution is 2.29. The van der Waals surface area contributed by atoms with Crippen LogP contribution in [0.4, 0.5) is 0 Å². The normalized spacial score (nSPS) is 16.0. The van der Waals surface area contributed by atoms with Gasteiger partial charge in [0.1, 0.15) is 12.7 Å². The lowest BCUT2D eigenvalue weighted by molar-refractivity contribution is 0.0608. The fourth-order valence-corrected chi connectivity index (χ4v) is 3.78. The highest BCUT2D eigenvalue weighted by Gasteiger charge is 2.16. The Morgan fingerprint density at radius 2 is 1.90 bits per heavy atom. The first-order valence-corrected chi connectivity index (χ1v) is 10.4. The summed E-state index contributed by atoms with van der Waals surface area (Å²) in [5.41, 5.74) is 2.32. The van der Waals surface area contributed by atoms with Crippen LogP contribution in [0, 0.1) is 0 Å². The number of methoxy groups -OCH3 is 1. The summed E-state index contributed by atoms with van der Waals surface area (Å²) in [7, 11) is 3.72. The molecule has 1 atom stereocenters. The molecule has 6 heteroatoms. The van der Waals surface area contributed by atoms with Crippen LogP contribution in [-0.2, 0) is 13.1 Å². The zero-order valence-corrected chi connectivity index (χ0v) is 17.6. The Morgan fingerprint density at radius 1 is 1.10 bits per heavy atom. The van der Waals surface area contributed by atoms with Gasteiger partial charge in [-0.3, -0.25) is 9.88 Å². The van der Waals surface area contributed by atoms with Crippen molar-refractivity contribution < 1.29 is 14.6 Å². The number of aliphatic hydroxyl groups is 1. The Morgan fingerprint density at radius 3 is 2.62 bits per heavy atom. The predicted octanol–water partition coefficient (Wildman–Crippen LogP) is 2.95. The van der Waals surface area contributed by atoms with E-state index in [0.29, 0.717) is 18.0 Å². The average molecular weight is 400 g/mol. The molecule has 1 aliphatic rings. The van der Waals surface area contributed by atoms with Crippen LogP contribution in [0.1, 0.15) is 30.4 Å². The van der Waals surface area contributed by atoms with Gasteiger partial charge in [0.25, 0.3) is 0 Å². The molecule has 0 amide bonds. The molecule has 1 aromatic carbocycles.